The van der Waals surface area contributed by atoms with Gasteiger partial charge in [0.25, 0.3) is 0 Å². The highest BCUT2D eigenvalue weighted by Crippen LogP contribution is 2.46. The SMILES string of the molecule is CCOC(=O)[C@@]12C[C@H]1C=CCCCCC[C@H](NC(=O)OC(C)(C)C)C(=O)N1C[C@H](OC(=O)N3Cc4ccc(OCCN(C)C)cc4C3)C[C@H]1C(=O)N2. The van der Waals surface area contributed by atoms with Gasteiger partial charge in [0.05, 0.1) is 13.2 Å². The first-order valence-electron chi connectivity index (χ1n) is 18.5. The van der Waals surface area contributed by atoms with Crippen molar-refractivity contribution in [3.05, 3.63) is 41.5 Å². The minimum atomic E-state index is -1.24. The Kier molecular flexibility index (Phi) is 12.4. The van der Waals surface area contributed by atoms with Gasteiger partial charge >= 0.3 is 18.2 Å². The lowest BCUT2D eigenvalue weighted by molar-refractivity contribution is -0.150. The lowest BCUT2D eigenvalue weighted by Crippen LogP contribution is -2.56. The topological polar surface area (TPSA) is 156 Å². The average molecular weight is 726 g/mol. The van der Waals surface area contributed by atoms with E-state index in [1.165, 1.54) is 4.90 Å². The third-order valence-corrected chi connectivity index (χ3v) is 9.80. The smallest absolute Gasteiger partial charge is 0.410 e. The number of amides is 4. The Hall–Kier alpha value is -4.33. The van der Waals surface area contributed by atoms with Crippen LogP contribution in [0.4, 0.5) is 9.59 Å². The van der Waals surface area contributed by atoms with Gasteiger partial charge in [0.2, 0.25) is 11.8 Å². The van der Waals surface area contributed by atoms with E-state index < -0.39 is 59.3 Å². The predicted octanol–water partition coefficient (Wildman–Crippen LogP) is 3.90. The first-order valence-corrected chi connectivity index (χ1v) is 18.5. The Labute approximate surface area is 306 Å². The number of carbonyl (C=O) groups is 5. The summed E-state index contributed by atoms with van der Waals surface area (Å²) < 4.78 is 22.7. The fraction of sp³-hybridized carbons (Fsp3) is 0.658. The maximum atomic E-state index is 14.3. The Balaban J connectivity index is 1.33. The van der Waals surface area contributed by atoms with Gasteiger partial charge in [-0.05, 0) is 90.7 Å². The number of allylic oxidation sites excluding steroid dienone is 1. The fourth-order valence-electron chi connectivity index (χ4n) is 7.00. The number of benzene rings is 1. The molecule has 0 unspecified atom stereocenters. The summed E-state index contributed by atoms with van der Waals surface area (Å²) >= 11 is 0. The molecule has 0 aromatic heterocycles. The molecule has 5 rings (SSSR count). The largest absolute Gasteiger partial charge is 0.492 e. The summed E-state index contributed by atoms with van der Waals surface area (Å²) in [4.78, 5) is 73.1. The van der Waals surface area contributed by atoms with Gasteiger partial charge in [0, 0.05) is 32.0 Å². The van der Waals surface area contributed by atoms with Gasteiger partial charge in [-0.2, -0.15) is 0 Å². The molecule has 0 spiro atoms. The van der Waals surface area contributed by atoms with Crippen molar-refractivity contribution in [3.8, 4) is 5.75 Å². The summed E-state index contributed by atoms with van der Waals surface area (Å²) in [6, 6.07) is 3.73. The summed E-state index contributed by atoms with van der Waals surface area (Å²) in [5.41, 5.74) is -0.0786. The molecule has 1 aromatic carbocycles. The minimum absolute atomic E-state index is 0.0204. The van der Waals surface area contributed by atoms with E-state index in [1.807, 2.05) is 49.3 Å². The molecule has 52 heavy (non-hydrogen) atoms. The number of ether oxygens (including phenoxy) is 4. The summed E-state index contributed by atoms with van der Waals surface area (Å²) in [5, 5.41) is 5.67. The monoisotopic (exact) mass is 725 g/mol. The van der Waals surface area contributed by atoms with Crippen molar-refractivity contribution < 1.29 is 42.9 Å². The molecule has 1 aromatic rings. The van der Waals surface area contributed by atoms with Gasteiger partial charge in [-0.1, -0.05) is 31.1 Å². The highest BCUT2D eigenvalue weighted by Gasteiger charge is 2.62. The van der Waals surface area contributed by atoms with Crippen LogP contribution in [-0.4, -0.2) is 114 Å². The van der Waals surface area contributed by atoms with Crippen molar-refractivity contribution in [2.75, 3.05) is 40.4 Å². The van der Waals surface area contributed by atoms with Crippen LogP contribution in [-0.2, 0) is 41.7 Å². The summed E-state index contributed by atoms with van der Waals surface area (Å²) in [6.07, 6.45) is 5.68. The third kappa shape index (κ3) is 9.75. The molecule has 286 valence electrons. The molecular weight excluding hydrogens is 670 g/mol. The maximum absolute atomic E-state index is 14.3. The number of nitrogens with zero attached hydrogens (tertiary/aromatic N) is 3. The van der Waals surface area contributed by atoms with E-state index in [0.717, 1.165) is 42.7 Å². The van der Waals surface area contributed by atoms with Crippen LogP contribution < -0.4 is 15.4 Å². The molecule has 3 aliphatic heterocycles. The van der Waals surface area contributed by atoms with E-state index in [2.05, 4.69) is 10.6 Å². The highest BCUT2D eigenvalue weighted by molar-refractivity contribution is 5.96. The second-order valence-corrected chi connectivity index (χ2v) is 15.4. The Morgan fingerprint density at radius 1 is 1.08 bits per heavy atom. The Morgan fingerprint density at radius 3 is 2.58 bits per heavy atom. The molecule has 1 saturated carbocycles. The van der Waals surface area contributed by atoms with Crippen LogP contribution in [0.5, 0.6) is 5.75 Å². The second kappa shape index (κ2) is 16.6. The summed E-state index contributed by atoms with van der Waals surface area (Å²) in [7, 11) is 3.95. The van der Waals surface area contributed by atoms with Crippen LogP contribution in [0.1, 0.15) is 83.8 Å². The Morgan fingerprint density at radius 2 is 1.85 bits per heavy atom. The van der Waals surface area contributed by atoms with Crippen molar-refractivity contribution in [1.82, 2.24) is 25.3 Å². The fourth-order valence-corrected chi connectivity index (χ4v) is 7.00. The van der Waals surface area contributed by atoms with Crippen LogP contribution in [0.25, 0.3) is 0 Å². The molecule has 1 saturated heterocycles. The van der Waals surface area contributed by atoms with Crippen molar-refractivity contribution in [1.29, 1.82) is 0 Å². The van der Waals surface area contributed by atoms with Crippen molar-refractivity contribution in [2.24, 2.45) is 5.92 Å². The van der Waals surface area contributed by atoms with Gasteiger partial charge in [0.15, 0.2) is 0 Å². The summed E-state index contributed by atoms with van der Waals surface area (Å²) in [5.74, 6) is -1.06. The quantitative estimate of drug-likeness (QED) is 0.229. The van der Waals surface area contributed by atoms with E-state index in [9.17, 15) is 24.0 Å². The van der Waals surface area contributed by atoms with E-state index in [1.54, 1.807) is 32.6 Å². The van der Waals surface area contributed by atoms with E-state index in [4.69, 9.17) is 18.9 Å². The molecule has 1 aliphatic carbocycles. The number of alkyl carbamates (subject to hydrolysis) is 1. The summed E-state index contributed by atoms with van der Waals surface area (Å²) in [6.45, 7) is 9.01. The van der Waals surface area contributed by atoms with E-state index in [0.29, 0.717) is 39.0 Å². The Bertz CT molecular complexity index is 1520. The number of hydrogen-bond donors (Lipinski definition) is 2. The first kappa shape index (κ1) is 38.9. The van der Waals surface area contributed by atoms with Gasteiger partial charge in [-0.25, -0.2) is 14.4 Å². The average Bonchev–Trinajstić information content (AvgIpc) is 3.36. The number of likely N-dealkylation sites (N-methyl/N-ethyl adjacent to an activating group) is 1. The van der Waals surface area contributed by atoms with Crippen LogP contribution in [0, 0.1) is 5.92 Å². The van der Waals surface area contributed by atoms with Gasteiger partial charge in [-0.3, -0.25) is 14.5 Å². The maximum Gasteiger partial charge on any atom is 0.410 e. The molecule has 2 fully saturated rings. The third-order valence-electron chi connectivity index (χ3n) is 9.80. The molecule has 14 heteroatoms. The molecular formula is C38H55N5O9. The lowest BCUT2D eigenvalue weighted by Gasteiger charge is -2.30. The number of esters is 1. The van der Waals surface area contributed by atoms with Gasteiger partial charge < -0.3 is 39.4 Å². The zero-order valence-electron chi connectivity index (χ0n) is 31.4. The van der Waals surface area contributed by atoms with E-state index >= 15 is 0 Å². The van der Waals surface area contributed by atoms with Gasteiger partial charge in [0.1, 0.15) is 41.7 Å². The molecule has 3 heterocycles. The number of hydrogen-bond acceptors (Lipinski definition) is 10. The van der Waals surface area contributed by atoms with Crippen LogP contribution >= 0.6 is 0 Å². The molecule has 2 N–H and O–H groups in total. The molecule has 0 bridgehead atoms. The van der Waals surface area contributed by atoms with Crippen LogP contribution in [0.15, 0.2) is 30.4 Å². The first-order chi connectivity index (χ1) is 24.7. The number of fused-ring (bicyclic) bond motifs is 3. The lowest BCUT2D eigenvalue weighted by atomic mass is 10.0. The van der Waals surface area contributed by atoms with Crippen molar-refractivity contribution in [2.45, 2.75) is 115 Å². The molecule has 5 atom stereocenters. The molecule has 0 radical (unpaired) electrons. The second-order valence-electron chi connectivity index (χ2n) is 15.4. The number of nitrogens with one attached hydrogen (secondary N) is 2. The zero-order valence-corrected chi connectivity index (χ0v) is 31.4. The number of rotatable bonds is 8. The normalized spacial score (nSPS) is 26.3. The predicted molar refractivity (Wildman–Crippen MR) is 191 cm³/mol. The molecule has 14 nitrogen and oxygen atoms in total. The molecule has 4 aliphatic rings. The van der Waals surface area contributed by atoms with Gasteiger partial charge in [-0.15, -0.1) is 0 Å². The zero-order chi connectivity index (χ0) is 37.6. The van der Waals surface area contributed by atoms with Crippen LogP contribution in [0.2, 0.25) is 0 Å². The standard InChI is InChI=1S/C38H55N5O9/c1-7-49-34(46)38-21-27(38)13-11-9-8-10-12-14-30(39-35(47)52-37(2,3)4)33(45)43-24-29(20-31(43)32(44)40-38)51-36(48)42-22-25-15-16-28(19-26(25)23-42)50-18-17-41(5)6/h11,13,15-16,19,27,29-31H,7-10,12,14,17-18,20-24H2,1-6H3,(H,39,47)(H,40,44)/t27-,29-,30+,31+,38-/m1/s1. The molecule has 4 amide bonds. The minimum Gasteiger partial charge on any atom is -0.492 e. The van der Waals surface area contributed by atoms with Crippen molar-refractivity contribution in [3.63, 3.8) is 0 Å². The number of carbonyl (C=O) groups excluding carboxylic acids is 5. The van der Waals surface area contributed by atoms with Crippen LogP contribution in [0.3, 0.4) is 0 Å². The van der Waals surface area contributed by atoms with Crippen molar-refractivity contribution >= 4 is 30.0 Å². The van der Waals surface area contributed by atoms with E-state index in [-0.39, 0.29) is 25.5 Å². The highest BCUT2D eigenvalue weighted by atomic mass is 16.6.